The van der Waals surface area contributed by atoms with Crippen LogP contribution in [-0.4, -0.2) is 65.0 Å². The Morgan fingerprint density at radius 2 is 2.27 bits per heavy atom. The molecule has 1 N–H and O–H groups in total. The van der Waals surface area contributed by atoms with E-state index in [9.17, 15) is 8.42 Å². The first-order valence-electron chi connectivity index (χ1n) is 6.59. The van der Waals surface area contributed by atoms with Crippen molar-refractivity contribution in [2.45, 2.75) is 17.9 Å². The van der Waals surface area contributed by atoms with Crippen molar-refractivity contribution in [2.24, 2.45) is 0 Å². The average Bonchev–Trinajstić information content (AvgIpc) is 3.00. The van der Waals surface area contributed by atoms with E-state index >= 15 is 0 Å². The van der Waals surface area contributed by atoms with Crippen molar-refractivity contribution in [3.8, 4) is 0 Å². The molecule has 1 unspecified atom stereocenters. The van der Waals surface area contributed by atoms with Crippen LogP contribution in [0.5, 0.6) is 0 Å². The fraction of sp³-hybridized carbons (Fsp3) is 0.545. The fourth-order valence-electron chi connectivity index (χ4n) is 2.24. The number of aryl methyl sites for hydroxylation is 1. The highest BCUT2D eigenvalue weighted by Gasteiger charge is 2.29. The van der Waals surface area contributed by atoms with Gasteiger partial charge in [-0.3, -0.25) is 0 Å². The van der Waals surface area contributed by atoms with Crippen molar-refractivity contribution >= 4 is 15.7 Å². The molecule has 0 radical (unpaired) electrons. The van der Waals surface area contributed by atoms with Gasteiger partial charge in [0.05, 0.1) is 19.3 Å². The zero-order valence-corrected chi connectivity index (χ0v) is 12.9. The fourth-order valence-corrected chi connectivity index (χ4v) is 2.99. The molecular formula is C11H15N7O3S. The second-order valence-corrected chi connectivity index (χ2v) is 6.94. The standard InChI is InChI=1S/C11H15N7O3S/c1-7-12-5-9(22(2,19)20)11(13-7)18-3-4-21-8(6-18)10-14-16-17-15-10/h5,8H,3-4,6H2,1-2H3,(H,14,15,16,17). The van der Waals surface area contributed by atoms with E-state index in [1.807, 2.05) is 4.90 Å². The molecule has 2 aromatic heterocycles. The van der Waals surface area contributed by atoms with E-state index < -0.39 is 15.9 Å². The van der Waals surface area contributed by atoms with E-state index in [0.29, 0.717) is 37.2 Å². The van der Waals surface area contributed by atoms with Crippen LogP contribution in [0.4, 0.5) is 5.82 Å². The number of aromatic nitrogens is 6. The molecule has 1 aliphatic rings. The van der Waals surface area contributed by atoms with Gasteiger partial charge >= 0.3 is 0 Å². The monoisotopic (exact) mass is 325 g/mol. The third kappa shape index (κ3) is 2.90. The average molecular weight is 325 g/mol. The Labute approximate surface area is 126 Å². The Morgan fingerprint density at radius 3 is 2.95 bits per heavy atom. The molecule has 11 heteroatoms. The smallest absolute Gasteiger partial charge is 0.205 e. The van der Waals surface area contributed by atoms with Crippen molar-refractivity contribution < 1.29 is 13.2 Å². The van der Waals surface area contributed by atoms with Gasteiger partial charge in [0.15, 0.2) is 15.7 Å². The highest BCUT2D eigenvalue weighted by atomic mass is 32.2. The second-order valence-electron chi connectivity index (χ2n) is 4.95. The van der Waals surface area contributed by atoms with Gasteiger partial charge in [-0.05, 0) is 6.92 Å². The highest BCUT2D eigenvalue weighted by molar-refractivity contribution is 7.90. The van der Waals surface area contributed by atoms with Crippen LogP contribution in [0, 0.1) is 6.92 Å². The van der Waals surface area contributed by atoms with Gasteiger partial charge in [-0.1, -0.05) is 5.21 Å². The Bertz CT molecular complexity index is 762. The lowest BCUT2D eigenvalue weighted by Gasteiger charge is -2.33. The minimum Gasteiger partial charge on any atom is -0.366 e. The number of anilines is 1. The molecule has 0 amide bonds. The van der Waals surface area contributed by atoms with Crippen molar-refractivity contribution in [3.63, 3.8) is 0 Å². The zero-order valence-electron chi connectivity index (χ0n) is 12.1. The predicted molar refractivity (Wildman–Crippen MR) is 75.0 cm³/mol. The van der Waals surface area contributed by atoms with Crippen LogP contribution in [0.2, 0.25) is 0 Å². The van der Waals surface area contributed by atoms with Gasteiger partial charge in [0.2, 0.25) is 5.82 Å². The van der Waals surface area contributed by atoms with Crippen LogP contribution in [0.25, 0.3) is 0 Å². The van der Waals surface area contributed by atoms with E-state index in [-0.39, 0.29) is 4.90 Å². The summed E-state index contributed by atoms with van der Waals surface area (Å²) < 4.78 is 29.5. The summed E-state index contributed by atoms with van der Waals surface area (Å²) in [5.41, 5.74) is 0. The van der Waals surface area contributed by atoms with Crippen molar-refractivity contribution in [1.29, 1.82) is 0 Å². The maximum Gasteiger partial charge on any atom is 0.205 e. The first-order valence-corrected chi connectivity index (χ1v) is 8.48. The normalized spacial score (nSPS) is 19.4. The number of tetrazole rings is 1. The van der Waals surface area contributed by atoms with Gasteiger partial charge in [0.25, 0.3) is 0 Å². The maximum absolute atomic E-state index is 11.9. The Morgan fingerprint density at radius 1 is 1.45 bits per heavy atom. The van der Waals surface area contributed by atoms with Gasteiger partial charge in [0.1, 0.15) is 16.8 Å². The molecule has 118 valence electrons. The summed E-state index contributed by atoms with van der Waals surface area (Å²) in [6.07, 6.45) is 2.09. The number of nitrogens with one attached hydrogen (secondary N) is 1. The third-order valence-electron chi connectivity index (χ3n) is 3.27. The van der Waals surface area contributed by atoms with Gasteiger partial charge in [-0.25, -0.2) is 18.4 Å². The molecule has 0 spiro atoms. The van der Waals surface area contributed by atoms with Crippen LogP contribution in [-0.2, 0) is 14.6 Å². The molecule has 1 saturated heterocycles. The molecule has 1 fully saturated rings. The molecule has 22 heavy (non-hydrogen) atoms. The highest BCUT2D eigenvalue weighted by Crippen LogP contribution is 2.27. The van der Waals surface area contributed by atoms with E-state index in [1.54, 1.807) is 6.92 Å². The van der Waals surface area contributed by atoms with Gasteiger partial charge in [-0.2, -0.15) is 5.21 Å². The zero-order chi connectivity index (χ0) is 15.7. The van der Waals surface area contributed by atoms with E-state index in [2.05, 4.69) is 30.6 Å². The number of sulfone groups is 1. The summed E-state index contributed by atoms with van der Waals surface area (Å²) >= 11 is 0. The molecule has 0 saturated carbocycles. The largest absolute Gasteiger partial charge is 0.366 e. The maximum atomic E-state index is 11.9. The molecule has 0 bridgehead atoms. The second kappa shape index (κ2) is 5.57. The lowest BCUT2D eigenvalue weighted by atomic mass is 10.2. The summed E-state index contributed by atoms with van der Waals surface area (Å²) in [5.74, 6) is 1.31. The van der Waals surface area contributed by atoms with Gasteiger partial charge < -0.3 is 9.64 Å². The van der Waals surface area contributed by atoms with Crippen LogP contribution >= 0.6 is 0 Å². The summed E-state index contributed by atoms with van der Waals surface area (Å²) in [4.78, 5) is 10.2. The quantitative estimate of drug-likeness (QED) is 0.777. The number of ether oxygens (including phenoxy) is 1. The summed E-state index contributed by atoms with van der Waals surface area (Å²) in [7, 11) is -3.43. The predicted octanol–water partition coefficient (Wildman–Crippen LogP) is -0.720. The number of morpholine rings is 1. The Balaban J connectivity index is 1.95. The minimum atomic E-state index is -3.43. The van der Waals surface area contributed by atoms with Crippen LogP contribution in [0.15, 0.2) is 11.1 Å². The number of nitrogens with zero attached hydrogens (tertiary/aromatic N) is 6. The molecule has 1 aliphatic heterocycles. The summed E-state index contributed by atoms with van der Waals surface area (Å²) in [5, 5.41) is 13.7. The van der Waals surface area contributed by atoms with E-state index in [0.717, 1.165) is 6.26 Å². The van der Waals surface area contributed by atoms with Crippen molar-refractivity contribution in [1.82, 2.24) is 30.6 Å². The summed E-state index contributed by atoms with van der Waals surface area (Å²) in [6, 6.07) is 0. The molecule has 3 rings (SSSR count). The van der Waals surface area contributed by atoms with Crippen molar-refractivity contribution in [3.05, 3.63) is 17.8 Å². The van der Waals surface area contributed by atoms with E-state index in [4.69, 9.17) is 4.74 Å². The van der Waals surface area contributed by atoms with Crippen molar-refractivity contribution in [2.75, 3.05) is 30.9 Å². The van der Waals surface area contributed by atoms with Crippen LogP contribution in [0.1, 0.15) is 17.8 Å². The van der Waals surface area contributed by atoms with Crippen LogP contribution in [0.3, 0.4) is 0 Å². The SMILES string of the molecule is Cc1ncc(S(C)(=O)=O)c(N2CCOC(c3nn[nH]n3)C2)n1. The number of aromatic amines is 1. The Kier molecular flexibility index (Phi) is 3.74. The lowest BCUT2D eigenvalue weighted by Crippen LogP contribution is -2.40. The van der Waals surface area contributed by atoms with Gasteiger partial charge in [0, 0.05) is 12.8 Å². The summed E-state index contributed by atoms with van der Waals surface area (Å²) in [6.45, 7) is 3.03. The number of H-pyrrole nitrogens is 1. The Hall–Kier alpha value is -2.14. The molecule has 10 nitrogen and oxygen atoms in total. The molecular weight excluding hydrogens is 310 g/mol. The van der Waals surface area contributed by atoms with Gasteiger partial charge in [-0.15, -0.1) is 10.2 Å². The third-order valence-corrected chi connectivity index (χ3v) is 4.36. The number of hydrogen-bond acceptors (Lipinski definition) is 9. The molecule has 1 atom stereocenters. The minimum absolute atomic E-state index is 0.104. The molecule has 0 aromatic carbocycles. The topological polar surface area (TPSA) is 127 Å². The number of rotatable bonds is 3. The molecule has 3 heterocycles. The first-order chi connectivity index (χ1) is 10.4. The first kappa shape index (κ1) is 14.8. The van der Waals surface area contributed by atoms with Crippen LogP contribution < -0.4 is 4.90 Å². The van der Waals surface area contributed by atoms with E-state index in [1.165, 1.54) is 6.20 Å². The molecule has 0 aliphatic carbocycles. The lowest BCUT2D eigenvalue weighted by molar-refractivity contribution is 0.0336. The molecule has 2 aromatic rings. The number of hydrogen-bond donors (Lipinski definition) is 1.